The number of esters is 1. The maximum atomic E-state index is 11.5. The van der Waals surface area contributed by atoms with Gasteiger partial charge in [0.05, 0.1) is 25.3 Å². The van der Waals surface area contributed by atoms with Gasteiger partial charge in [0.1, 0.15) is 4.88 Å². The minimum Gasteiger partial charge on any atom is -0.472 e. The van der Waals surface area contributed by atoms with Crippen LogP contribution in [0.4, 0.5) is 5.69 Å². The van der Waals surface area contributed by atoms with Crippen molar-refractivity contribution in [3.8, 4) is 10.4 Å². The third-order valence-corrected chi connectivity index (χ3v) is 3.68. The first-order valence-electron chi connectivity index (χ1n) is 4.65. The molecule has 16 heavy (non-hydrogen) atoms. The monoisotopic (exact) mass is 237 g/mol. The van der Waals surface area contributed by atoms with Crippen LogP contribution in [0.2, 0.25) is 0 Å². The number of hydrogen-bond acceptors (Lipinski definition) is 5. The van der Waals surface area contributed by atoms with Crippen LogP contribution in [0, 0.1) is 6.92 Å². The number of carbonyl (C=O) groups excluding carboxylic acids is 1. The molecule has 0 amide bonds. The van der Waals surface area contributed by atoms with Gasteiger partial charge in [-0.1, -0.05) is 0 Å². The smallest absolute Gasteiger partial charge is 0.350 e. The van der Waals surface area contributed by atoms with Gasteiger partial charge in [0.2, 0.25) is 0 Å². The maximum absolute atomic E-state index is 11.5. The molecule has 2 N–H and O–H groups in total. The zero-order chi connectivity index (χ0) is 11.7. The summed E-state index contributed by atoms with van der Waals surface area (Å²) in [5, 5.41) is 0. The number of carbonyl (C=O) groups is 1. The summed E-state index contributed by atoms with van der Waals surface area (Å²) in [6.45, 7) is 1.88. The Balaban J connectivity index is 2.54. The number of anilines is 1. The Hall–Kier alpha value is -1.75. The van der Waals surface area contributed by atoms with Crippen LogP contribution in [0.3, 0.4) is 0 Å². The minimum atomic E-state index is -0.402. The molecule has 0 bridgehead atoms. The number of rotatable bonds is 2. The summed E-state index contributed by atoms with van der Waals surface area (Å²) < 4.78 is 9.68. The number of ether oxygens (including phenoxy) is 1. The lowest BCUT2D eigenvalue weighted by Crippen LogP contribution is -2.01. The van der Waals surface area contributed by atoms with Crippen LogP contribution < -0.4 is 5.73 Å². The van der Waals surface area contributed by atoms with Crippen molar-refractivity contribution >= 4 is 23.0 Å². The summed E-state index contributed by atoms with van der Waals surface area (Å²) >= 11 is 1.32. The number of thiophene rings is 1. The van der Waals surface area contributed by atoms with Crippen LogP contribution in [0.5, 0.6) is 0 Å². The Kier molecular flexibility index (Phi) is 2.70. The van der Waals surface area contributed by atoms with Gasteiger partial charge in [-0.25, -0.2) is 4.79 Å². The molecule has 0 atom stereocenters. The second-order valence-corrected chi connectivity index (χ2v) is 4.32. The summed E-state index contributed by atoms with van der Waals surface area (Å²) in [6, 6.07) is 1.83. The molecule has 2 aromatic heterocycles. The van der Waals surface area contributed by atoms with Crippen molar-refractivity contribution in [2.45, 2.75) is 6.92 Å². The van der Waals surface area contributed by atoms with Gasteiger partial charge in [-0.05, 0) is 18.6 Å². The molecule has 0 saturated heterocycles. The molecule has 0 aliphatic heterocycles. The van der Waals surface area contributed by atoms with Crippen LogP contribution >= 0.6 is 11.3 Å². The van der Waals surface area contributed by atoms with E-state index in [0.717, 1.165) is 16.0 Å². The van der Waals surface area contributed by atoms with Gasteiger partial charge in [-0.3, -0.25) is 0 Å². The van der Waals surface area contributed by atoms with Gasteiger partial charge < -0.3 is 14.9 Å². The first-order valence-corrected chi connectivity index (χ1v) is 5.46. The van der Waals surface area contributed by atoms with Crippen molar-refractivity contribution in [1.29, 1.82) is 0 Å². The van der Waals surface area contributed by atoms with E-state index in [9.17, 15) is 4.79 Å². The van der Waals surface area contributed by atoms with Crippen molar-refractivity contribution in [3.63, 3.8) is 0 Å². The summed E-state index contributed by atoms with van der Waals surface area (Å²) in [5.74, 6) is -0.402. The molecule has 0 saturated carbocycles. The Morgan fingerprint density at radius 2 is 2.31 bits per heavy atom. The molecule has 5 heteroatoms. The van der Waals surface area contributed by atoms with E-state index in [1.807, 2.05) is 13.0 Å². The largest absolute Gasteiger partial charge is 0.472 e. The highest BCUT2D eigenvalue weighted by Crippen LogP contribution is 2.38. The second-order valence-electron chi connectivity index (χ2n) is 3.30. The highest BCUT2D eigenvalue weighted by atomic mass is 32.1. The summed E-state index contributed by atoms with van der Waals surface area (Å²) in [7, 11) is 1.34. The summed E-state index contributed by atoms with van der Waals surface area (Å²) in [5.41, 5.74) is 8.15. The molecule has 0 aromatic carbocycles. The second kappa shape index (κ2) is 4.02. The number of methoxy groups -OCH3 is 1. The van der Waals surface area contributed by atoms with Crippen LogP contribution in [-0.4, -0.2) is 13.1 Å². The lowest BCUT2D eigenvalue weighted by molar-refractivity contribution is 0.0607. The molecular formula is C11H11NO3S. The Morgan fingerprint density at radius 3 is 2.88 bits per heavy atom. The van der Waals surface area contributed by atoms with Crippen molar-refractivity contribution in [3.05, 3.63) is 29.0 Å². The van der Waals surface area contributed by atoms with Crippen LogP contribution in [-0.2, 0) is 4.74 Å². The molecule has 0 radical (unpaired) electrons. The fourth-order valence-electron chi connectivity index (χ4n) is 1.44. The van der Waals surface area contributed by atoms with Crippen LogP contribution in [0.25, 0.3) is 10.4 Å². The number of nitrogen functional groups attached to an aromatic ring is 1. The summed E-state index contributed by atoms with van der Waals surface area (Å²) in [6.07, 6.45) is 3.21. The standard InChI is InChI=1S/C11H11NO3S/c1-6-8(12)10(11(13)14-2)16-9(6)7-3-4-15-5-7/h3-5H,12H2,1-2H3. The van der Waals surface area contributed by atoms with Gasteiger partial charge in [0.25, 0.3) is 0 Å². The first-order chi connectivity index (χ1) is 7.65. The minimum absolute atomic E-state index is 0.402. The molecule has 0 spiro atoms. The van der Waals surface area contributed by atoms with Gasteiger partial charge in [0.15, 0.2) is 0 Å². The normalized spacial score (nSPS) is 10.4. The fourth-order valence-corrected chi connectivity index (χ4v) is 2.57. The van der Waals surface area contributed by atoms with E-state index >= 15 is 0 Å². The third kappa shape index (κ3) is 1.59. The van der Waals surface area contributed by atoms with E-state index < -0.39 is 5.97 Å². The predicted molar refractivity (Wildman–Crippen MR) is 62.5 cm³/mol. The Labute approximate surface area is 96.6 Å². The van der Waals surface area contributed by atoms with E-state index in [-0.39, 0.29) is 0 Å². The zero-order valence-electron chi connectivity index (χ0n) is 8.94. The molecule has 2 aromatic rings. The third-order valence-electron chi connectivity index (χ3n) is 2.35. The molecule has 4 nitrogen and oxygen atoms in total. The Bertz CT molecular complexity index is 514. The van der Waals surface area contributed by atoms with Crippen LogP contribution in [0.1, 0.15) is 15.2 Å². The number of furan rings is 1. The molecule has 2 heterocycles. The highest BCUT2D eigenvalue weighted by Gasteiger charge is 2.20. The quantitative estimate of drug-likeness (QED) is 0.815. The number of nitrogens with two attached hydrogens (primary N) is 1. The van der Waals surface area contributed by atoms with Gasteiger partial charge in [-0.15, -0.1) is 11.3 Å². The molecule has 2 rings (SSSR count). The predicted octanol–water partition coefficient (Wildman–Crippen LogP) is 2.69. The van der Waals surface area contributed by atoms with Crippen molar-refractivity contribution in [2.24, 2.45) is 0 Å². The van der Waals surface area contributed by atoms with Crippen molar-refractivity contribution in [1.82, 2.24) is 0 Å². The zero-order valence-corrected chi connectivity index (χ0v) is 9.76. The fraction of sp³-hybridized carbons (Fsp3) is 0.182. The van der Waals surface area contributed by atoms with E-state index in [0.29, 0.717) is 10.6 Å². The van der Waals surface area contributed by atoms with E-state index in [4.69, 9.17) is 10.2 Å². The van der Waals surface area contributed by atoms with Gasteiger partial charge >= 0.3 is 5.97 Å². The molecule has 0 unspecified atom stereocenters. The van der Waals surface area contributed by atoms with E-state index in [1.165, 1.54) is 18.4 Å². The topological polar surface area (TPSA) is 65.5 Å². The van der Waals surface area contributed by atoms with Crippen LogP contribution in [0.15, 0.2) is 23.0 Å². The van der Waals surface area contributed by atoms with E-state index in [1.54, 1.807) is 12.5 Å². The first kappa shape index (κ1) is 10.8. The average molecular weight is 237 g/mol. The van der Waals surface area contributed by atoms with Gasteiger partial charge in [-0.2, -0.15) is 0 Å². The SMILES string of the molecule is COC(=O)c1sc(-c2ccoc2)c(C)c1N. The molecule has 84 valence electrons. The molecule has 0 aliphatic rings. The molecule has 0 fully saturated rings. The van der Waals surface area contributed by atoms with Crippen molar-refractivity contribution < 1.29 is 13.9 Å². The molecular weight excluding hydrogens is 226 g/mol. The summed E-state index contributed by atoms with van der Waals surface area (Å²) in [4.78, 5) is 12.8. The maximum Gasteiger partial charge on any atom is 0.350 e. The van der Waals surface area contributed by atoms with Gasteiger partial charge in [0, 0.05) is 10.4 Å². The van der Waals surface area contributed by atoms with Crippen molar-refractivity contribution in [2.75, 3.05) is 12.8 Å². The Morgan fingerprint density at radius 1 is 1.56 bits per heavy atom. The lowest BCUT2D eigenvalue weighted by Gasteiger charge is -1.96. The van der Waals surface area contributed by atoms with E-state index in [2.05, 4.69) is 4.74 Å². The highest BCUT2D eigenvalue weighted by molar-refractivity contribution is 7.18. The average Bonchev–Trinajstić information content (AvgIpc) is 2.89. The molecule has 0 aliphatic carbocycles. The number of hydrogen-bond donors (Lipinski definition) is 1. The lowest BCUT2D eigenvalue weighted by atomic mass is 10.1.